The number of rotatable bonds is 6. The molecule has 0 fully saturated rings. The van der Waals surface area contributed by atoms with Gasteiger partial charge in [0.25, 0.3) is 0 Å². The molecule has 1 N–H and O–H groups in total. The van der Waals surface area contributed by atoms with Crippen LogP contribution in [0.4, 0.5) is 0 Å². The van der Waals surface area contributed by atoms with Gasteiger partial charge in [0.05, 0.1) is 22.4 Å². The molecule has 2 aromatic rings. The van der Waals surface area contributed by atoms with Crippen molar-refractivity contribution < 1.29 is 0 Å². The predicted octanol–water partition coefficient (Wildman–Crippen LogP) is 2.83. The topological polar surface area (TPSA) is 50.7 Å². The van der Waals surface area contributed by atoms with E-state index in [1.807, 2.05) is 6.07 Å². The molecule has 0 amide bonds. The van der Waals surface area contributed by atoms with E-state index in [0.29, 0.717) is 0 Å². The molecule has 5 heteroatoms. The third-order valence-electron chi connectivity index (χ3n) is 3.05. The van der Waals surface area contributed by atoms with Gasteiger partial charge in [0.15, 0.2) is 0 Å². The molecule has 102 valence electrons. The third kappa shape index (κ3) is 3.81. The Balaban J connectivity index is 2.14. The molecule has 0 aliphatic heterocycles. The van der Waals surface area contributed by atoms with Crippen LogP contribution < -0.4 is 5.32 Å². The first kappa shape index (κ1) is 14.1. The summed E-state index contributed by atoms with van der Waals surface area (Å²) in [4.78, 5) is 14.3. The molecule has 19 heavy (non-hydrogen) atoms. The van der Waals surface area contributed by atoms with Crippen LogP contribution >= 0.6 is 11.3 Å². The maximum absolute atomic E-state index is 4.62. The fraction of sp³-hybridized carbons (Fsp3) is 0.500. The zero-order valence-electron chi connectivity index (χ0n) is 11.7. The Kier molecular flexibility index (Phi) is 4.99. The number of hydrogen-bond acceptors (Lipinski definition) is 5. The summed E-state index contributed by atoms with van der Waals surface area (Å²) in [6.07, 6.45) is 5.39. The van der Waals surface area contributed by atoms with Crippen molar-refractivity contribution in [3.8, 4) is 0 Å². The van der Waals surface area contributed by atoms with Crippen LogP contribution in [0.1, 0.15) is 40.7 Å². The second kappa shape index (κ2) is 6.73. The second-order valence-electron chi connectivity index (χ2n) is 4.59. The predicted molar refractivity (Wildman–Crippen MR) is 78.4 cm³/mol. The Morgan fingerprint density at radius 2 is 2.21 bits per heavy atom. The van der Waals surface area contributed by atoms with Gasteiger partial charge in [-0.3, -0.25) is 0 Å². The van der Waals surface area contributed by atoms with E-state index in [4.69, 9.17) is 0 Å². The molecule has 2 heterocycles. The first-order valence-corrected chi connectivity index (χ1v) is 7.44. The molecule has 2 rings (SSSR count). The third-order valence-corrected chi connectivity index (χ3v) is 4.15. The summed E-state index contributed by atoms with van der Waals surface area (Å²) in [7, 11) is 0. The standard InChI is InChI=1S/C14H20N4S/c1-4-6-16-13(12-5-7-15-9-17-12)8-14-18-10(2)11(3)19-14/h5,7,9,13,16H,4,6,8H2,1-3H3. The number of aryl methyl sites for hydroxylation is 2. The lowest BCUT2D eigenvalue weighted by Crippen LogP contribution is -2.25. The summed E-state index contributed by atoms with van der Waals surface area (Å²) >= 11 is 1.78. The summed E-state index contributed by atoms with van der Waals surface area (Å²) < 4.78 is 0. The highest BCUT2D eigenvalue weighted by atomic mass is 32.1. The van der Waals surface area contributed by atoms with E-state index < -0.39 is 0 Å². The van der Waals surface area contributed by atoms with Crippen LogP contribution in [-0.2, 0) is 6.42 Å². The minimum absolute atomic E-state index is 0.216. The fourth-order valence-corrected chi connectivity index (χ4v) is 2.89. The lowest BCUT2D eigenvalue weighted by atomic mass is 10.1. The second-order valence-corrected chi connectivity index (χ2v) is 5.88. The average molecular weight is 276 g/mol. The highest BCUT2D eigenvalue weighted by Gasteiger charge is 2.15. The van der Waals surface area contributed by atoms with Gasteiger partial charge in [-0.25, -0.2) is 15.0 Å². The quantitative estimate of drug-likeness (QED) is 0.881. The van der Waals surface area contributed by atoms with Crippen molar-refractivity contribution in [2.45, 2.75) is 39.7 Å². The summed E-state index contributed by atoms with van der Waals surface area (Å²) in [5, 5.41) is 4.71. The maximum Gasteiger partial charge on any atom is 0.115 e. The first-order chi connectivity index (χ1) is 9.20. The fourth-order valence-electron chi connectivity index (χ4n) is 1.91. The number of aromatic nitrogens is 3. The van der Waals surface area contributed by atoms with Crippen molar-refractivity contribution in [1.29, 1.82) is 0 Å². The number of hydrogen-bond donors (Lipinski definition) is 1. The SMILES string of the molecule is CCCNC(Cc1nc(C)c(C)s1)c1ccncn1. The minimum atomic E-state index is 0.216. The van der Waals surface area contributed by atoms with E-state index in [1.165, 1.54) is 9.88 Å². The monoisotopic (exact) mass is 276 g/mol. The normalized spacial score (nSPS) is 12.6. The van der Waals surface area contributed by atoms with Crippen LogP contribution in [0, 0.1) is 13.8 Å². The summed E-state index contributed by atoms with van der Waals surface area (Å²) in [6.45, 7) is 7.34. The molecule has 0 saturated heterocycles. The van der Waals surface area contributed by atoms with E-state index in [0.717, 1.165) is 30.8 Å². The van der Waals surface area contributed by atoms with Gasteiger partial charge in [-0.15, -0.1) is 11.3 Å². The van der Waals surface area contributed by atoms with Crippen molar-refractivity contribution in [2.24, 2.45) is 0 Å². The van der Waals surface area contributed by atoms with Crippen molar-refractivity contribution in [3.63, 3.8) is 0 Å². The highest BCUT2D eigenvalue weighted by molar-refractivity contribution is 7.11. The van der Waals surface area contributed by atoms with Crippen LogP contribution in [0.2, 0.25) is 0 Å². The molecular formula is C14H20N4S. The Morgan fingerprint density at radius 3 is 2.79 bits per heavy atom. The van der Waals surface area contributed by atoms with Crippen LogP contribution in [0.25, 0.3) is 0 Å². The smallest absolute Gasteiger partial charge is 0.115 e. The van der Waals surface area contributed by atoms with Gasteiger partial charge < -0.3 is 5.32 Å². The summed E-state index contributed by atoms with van der Waals surface area (Å²) in [5.41, 5.74) is 2.17. The van der Waals surface area contributed by atoms with E-state index in [9.17, 15) is 0 Å². The molecule has 1 atom stereocenters. The van der Waals surface area contributed by atoms with Crippen molar-refractivity contribution in [2.75, 3.05) is 6.54 Å². The summed E-state index contributed by atoms with van der Waals surface area (Å²) in [6, 6.07) is 2.19. The van der Waals surface area contributed by atoms with Gasteiger partial charge in [0.2, 0.25) is 0 Å². The zero-order chi connectivity index (χ0) is 13.7. The molecule has 0 radical (unpaired) electrons. The zero-order valence-corrected chi connectivity index (χ0v) is 12.5. The number of nitrogens with zero attached hydrogens (tertiary/aromatic N) is 3. The van der Waals surface area contributed by atoms with Gasteiger partial charge >= 0.3 is 0 Å². The Bertz CT molecular complexity index is 490. The minimum Gasteiger partial charge on any atom is -0.308 e. The Labute approximate surface area is 118 Å². The van der Waals surface area contributed by atoms with Gasteiger partial charge in [0, 0.05) is 17.5 Å². The Morgan fingerprint density at radius 1 is 1.37 bits per heavy atom. The van der Waals surface area contributed by atoms with Gasteiger partial charge in [-0.2, -0.15) is 0 Å². The van der Waals surface area contributed by atoms with Crippen molar-refractivity contribution in [3.05, 3.63) is 39.9 Å². The highest BCUT2D eigenvalue weighted by Crippen LogP contribution is 2.22. The molecule has 1 unspecified atom stereocenters. The molecule has 0 aromatic carbocycles. The van der Waals surface area contributed by atoms with Gasteiger partial charge in [-0.05, 0) is 32.9 Å². The summed E-state index contributed by atoms with van der Waals surface area (Å²) in [5.74, 6) is 0. The largest absolute Gasteiger partial charge is 0.308 e. The van der Waals surface area contributed by atoms with Crippen LogP contribution in [-0.4, -0.2) is 21.5 Å². The number of nitrogens with one attached hydrogen (secondary N) is 1. The lowest BCUT2D eigenvalue weighted by Gasteiger charge is -2.16. The molecule has 0 saturated carbocycles. The molecule has 0 spiro atoms. The Hall–Kier alpha value is -1.33. The first-order valence-electron chi connectivity index (χ1n) is 6.63. The van der Waals surface area contributed by atoms with Gasteiger partial charge in [0.1, 0.15) is 6.33 Å². The van der Waals surface area contributed by atoms with E-state index in [2.05, 4.69) is 41.0 Å². The number of thiazole rings is 1. The average Bonchev–Trinajstić information content (AvgIpc) is 2.74. The van der Waals surface area contributed by atoms with E-state index >= 15 is 0 Å². The van der Waals surface area contributed by atoms with Crippen LogP contribution in [0.5, 0.6) is 0 Å². The van der Waals surface area contributed by atoms with Gasteiger partial charge in [-0.1, -0.05) is 6.92 Å². The molecule has 4 nitrogen and oxygen atoms in total. The van der Waals surface area contributed by atoms with E-state index in [-0.39, 0.29) is 6.04 Å². The molecule has 0 aliphatic carbocycles. The maximum atomic E-state index is 4.62. The van der Waals surface area contributed by atoms with Crippen molar-refractivity contribution in [1.82, 2.24) is 20.3 Å². The molecular weight excluding hydrogens is 256 g/mol. The van der Waals surface area contributed by atoms with Crippen molar-refractivity contribution >= 4 is 11.3 Å². The van der Waals surface area contributed by atoms with E-state index in [1.54, 1.807) is 23.9 Å². The molecule has 0 bridgehead atoms. The molecule has 2 aromatic heterocycles. The van der Waals surface area contributed by atoms with Crippen LogP contribution in [0.3, 0.4) is 0 Å². The lowest BCUT2D eigenvalue weighted by molar-refractivity contribution is 0.515. The molecule has 0 aliphatic rings. The van der Waals surface area contributed by atoms with Crippen LogP contribution in [0.15, 0.2) is 18.6 Å².